The van der Waals surface area contributed by atoms with Crippen LogP contribution in [0.2, 0.25) is 0 Å². The van der Waals surface area contributed by atoms with Crippen LogP contribution in [0.25, 0.3) is 0 Å². The van der Waals surface area contributed by atoms with E-state index in [4.69, 9.17) is 4.74 Å². The number of amides is 1. The highest BCUT2D eigenvalue weighted by atomic mass is 32.2. The van der Waals surface area contributed by atoms with Crippen LogP contribution in [-0.2, 0) is 4.79 Å². The van der Waals surface area contributed by atoms with Crippen molar-refractivity contribution in [2.75, 3.05) is 18.9 Å². The van der Waals surface area contributed by atoms with E-state index in [9.17, 15) is 9.18 Å². The molecule has 3 rings (SSSR count). The van der Waals surface area contributed by atoms with Gasteiger partial charge in [0.05, 0.1) is 18.4 Å². The number of hydrogen-bond acceptors (Lipinski definition) is 6. The molecule has 0 saturated heterocycles. The van der Waals surface area contributed by atoms with Gasteiger partial charge in [0.25, 0.3) is 0 Å². The molecule has 146 valence electrons. The summed E-state index contributed by atoms with van der Waals surface area (Å²) in [5, 5.41) is 15.5. The van der Waals surface area contributed by atoms with Crippen LogP contribution in [-0.4, -0.2) is 45.0 Å². The number of unbranched alkanes of at least 4 members (excludes halogenated alkanes) is 1. The molecule has 1 N–H and O–H groups in total. The first kappa shape index (κ1) is 19.6. The number of hydrogen-bond donors (Lipinski definition) is 1. The molecule has 27 heavy (non-hydrogen) atoms. The summed E-state index contributed by atoms with van der Waals surface area (Å²) >= 11 is 1.37. The van der Waals surface area contributed by atoms with Crippen molar-refractivity contribution in [3.05, 3.63) is 30.1 Å². The van der Waals surface area contributed by atoms with Crippen molar-refractivity contribution in [2.24, 2.45) is 0 Å². The van der Waals surface area contributed by atoms with Gasteiger partial charge in [-0.05, 0) is 60.4 Å². The Morgan fingerprint density at radius 3 is 2.81 bits per heavy atom. The van der Waals surface area contributed by atoms with Crippen molar-refractivity contribution in [2.45, 2.75) is 49.7 Å². The normalized spacial score (nSPS) is 14.4. The number of ether oxygens (including phenoxy) is 1. The molecule has 9 heteroatoms. The minimum Gasteiger partial charge on any atom is -0.494 e. The SMILES string of the molecule is O=C(CSc1nnnn1C1CCCC1)NCCCCOc1ccc(F)cc1. The van der Waals surface area contributed by atoms with Gasteiger partial charge in [-0.3, -0.25) is 4.79 Å². The van der Waals surface area contributed by atoms with Gasteiger partial charge in [0.15, 0.2) is 0 Å². The Balaban J connectivity index is 1.27. The van der Waals surface area contributed by atoms with E-state index in [1.165, 1.54) is 36.7 Å². The van der Waals surface area contributed by atoms with Gasteiger partial charge < -0.3 is 10.1 Å². The fourth-order valence-electron chi connectivity index (χ4n) is 3.02. The second-order valence-electron chi connectivity index (χ2n) is 6.49. The van der Waals surface area contributed by atoms with E-state index in [1.54, 1.807) is 12.1 Å². The summed E-state index contributed by atoms with van der Waals surface area (Å²) in [6.07, 6.45) is 6.25. The summed E-state index contributed by atoms with van der Waals surface area (Å²) in [4.78, 5) is 12.0. The Kier molecular flexibility index (Phi) is 7.44. The number of rotatable bonds is 10. The lowest BCUT2D eigenvalue weighted by Crippen LogP contribution is -2.26. The minimum atomic E-state index is -0.278. The van der Waals surface area contributed by atoms with Gasteiger partial charge >= 0.3 is 0 Å². The van der Waals surface area contributed by atoms with Crippen molar-refractivity contribution in [1.82, 2.24) is 25.5 Å². The highest BCUT2D eigenvalue weighted by molar-refractivity contribution is 7.99. The van der Waals surface area contributed by atoms with Crippen LogP contribution in [0.5, 0.6) is 5.75 Å². The van der Waals surface area contributed by atoms with Gasteiger partial charge in [0.2, 0.25) is 11.1 Å². The zero-order valence-electron chi connectivity index (χ0n) is 15.1. The number of tetrazole rings is 1. The molecule has 0 spiro atoms. The maximum absolute atomic E-state index is 12.8. The predicted molar refractivity (Wildman–Crippen MR) is 100 cm³/mol. The van der Waals surface area contributed by atoms with Crippen LogP contribution in [0.3, 0.4) is 0 Å². The molecule has 1 aromatic heterocycles. The number of carbonyl (C=O) groups is 1. The molecule has 1 amide bonds. The molecule has 1 heterocycles. The van der Waals surface area contributed by atoms with E-state index in [0.717, 1.165) is 25.7 Å². The lowest BCUT2D eigenvalue weighted by atomic mass is 10.3. The van der Waals surface area contributed by atoms with Crippen molar-refractivity contribution >= 4 is 17.7 Å². The predicted octanol–water partition coefficient (Wildman–Crippen LogP) is 2.99. The Hall–Kier alpha value is -2.16. The molecule has 0 aliphatic heterocycles. The molecule has 1 aliphatic carbocycles. The maximum atomic E-state index is 12.8. The lowest BCUT2D eigenvalue weighted by Gasteiger charge is -2.10. The van der Waals surface area contributed by atoms with E-state index in [0.29, 0.717) is 35.9 Å². The molecule has 1 fully saturated rings. The van der Waals surface area contributed by atoms with Crippen LogP contribution in [0.15, 0.2) is 29.4 Å². The number of aromatic nitrogens is 4. The standard InChI is InChI=1S/C18H24FN5O2S/c19-14-7-9-16(10-8-14)26-12-4-3-11-20-17(25)13-27-18-21-22-23-24(18)15-5-1-2-6-15/h7-10,15H,1-6,11-13H2,(H,20,25). The van der Waals surface area contributed by atoms with Crippen molar-refractivity contribution in [3.8, 4) is 5.75 Å². The van der Waals surface area contributed by atoms with Gasteiger partial charge in [-0.15, -0.1) is 5.10 Å². The molecule has 7 nitrogen and oxygen atoms in total. The average molecular weight is 393 g/mol. The Bertz CT molecular complexity index is 719. The first-order valence-electron chi connectivity index (χ1n) is 9.28. The van der Waals surface area contributed by atoms with Crippen LogP contribution in [0.1, 0.15) is 44.6 Å². The molecule has 1 aromatic carbocycles. The summed E-state index contributed by atoms with van der Waals surface area (Å²) in [5.41, 5.74) is 0. The molecule has 1 aliphatic rings. The van der Waals surface area contributed by atoms with Gasteiger partial charge in [-0.2, -0.15) is 0 Å². The Labute approximate surface area is 162 Å². The molecular weight excluding hydrogens is 369 g/mol. The summed E-state index contributed by atoms with van der Waals surface area (Å²) < 4.78 is 20.2. The van der Waals surface area contributed by atoms with Gasteiger partial charge in [0.1, 0.15) is 11.6 Å². The molecular formula is C18H24FN5O2S. The quantitative estimate of drug-likeness (QED) is 0.494. The molecule has 0 atom stereocenters. The Morgan fingerprint density at radius 1 is 1.26 bits per heavy atom. The molecule has 2 aromatic rings. The summed E-state index contributed by atoms with van der Waals surface area (Å²) in [6, 6.07) is 6.32. The zero-order chi connectivity index (χ0) is 18.9. The van der Waals surface area contributed by atoms with Crippen LogP contribution >= 0.6 is 11.8 Å². The lowest BCUT2D eigenvalue weighted by molar-refractivity contribution is -0.118. The first-order valence-corrected chi connectivity index (χ1v) is 10.3. The van der Waals surface area contributed by atoms with Crippen LogP contribution < -0.4 is 10.1 Å². The van der Waals surface area contributed by atoms with Crippen LogP contribution in [0, 0.1) is 5.82 Å². The molecule has 0 unspecified atom stereocenters. The third-order valence-corrected chi connectivity index (χ3v) is 5.37. The molecule has 0 bridgehead atoms. The highest BCUT2D eigenvalue weighted by Crippen LogP contribution is 2.31. The third kappa shape index (κ3) is 6.20. The van der Waals surface area contributed by atoms with Crippen molar-refractivity contribution in [1.29, 1.82) is 0 Å². The van der Waals surface area contributed by atoms with Crippen molar-refractivity contribution < 1.29 is 13.9 Å². The topological polar surface area (TPSA) is 81.9 Å². The second kappa shape index (κ2) is 10.2. The minimum absolute atomic E-state index is 0.0274. The summed E-state index contributed by atoms with van der Waals surface area (Å²) in [6.45, 7) is 1.13. The summed E-state index contributed by atoms with van der Waals surface area (Å²) in [7, 11) is 0. The third-order valence-electron chi connectivity index (χ3n) is 4.44. The van der Waals surface area contributed by atoms with Gasteiger partial charge in [-0.1, -0.05) is 24.6 Å². The van der Waals surface area contributed by atoms with E-state index in [1.807, 2.05) is 4.68 Å². The number of carbonyl (C=O) groups excluding carboxylic acids is 1. The highest BCUT2D eigenvalue weighted by Gasteiger charge is 2.21. The van der Waals surface area contributed by atoms with E-state index >= 15 is 0 Å². The number of benzene rings is 1. The maximum Gasteiger partial charge on any atom is 0.230 e. The first-order chi connectivity index (χ1) is 13.2. The zero-order valence-corrected chi connectivity index (χ0v) is 16.0. The van der Waals surface area contributed by atoms with E-state index in [2.05, 4.69) is 20.8 Å². The van der Waals surface area contributed by atoms with Crippen LogP contribution in [0.4, 0.5) is 4.39 Å². The Morgan fingerprint density at radius 2 is 2.04 bits per heavy atom. The average Bonchev–Trinajstić information content (AvgIpc) is 3.35. The molecule has 1 saturated carbocycles. The number of thioether (sulfide) groups is 1. The van der Waals surface area contributed by atoms with Gasteiger partial charge in [0, 0.05) is 6.54 Å². The van der Waals surface area contributed by atoms with Gasteiger partial charge in [-0.25, -0.2) is 9.07 Å². The van der Waals surface area contributed by atoms with E-state index in [-0.39, 0.29) is 11.7 Å². The second-order valence-corrected chi connectivity index (χ2v) is 7.43. The smallest absolute Gasteiger partial charge is 0.230 e. The monoisotopic (exact) mass is 393 g/mol. The van der Waals surface area contributed by atoms with E-state index < -0.39 is 0 Å². The largest absolute Gasteiger partial charge is 0.494 e. The fourth-order valence-corrected chi connectivity index (χ4v) is 3.79. The number of halogens is 1. The fraction of sp³-hybridized carbons (Fsp3) is 0.556. The number of nitrogens with zero attached hydrogens (tertiary/aromatic N) is 4. The van der Waals surface area contributed by atoms with Crippen molar-refractivity contribution in [3.63, 3.8) is 0 Å². The molecule has 0 radical (unpaired) electrons. The summed E-state index contributed by atoms with van der Waals surface area (Å²) in [5.74, 6) is 0.650. The number of nitrogens with one attached hydrogen (secondary N) is 1.